The molecule has 1 atom stereocenters. The molecule has 0 aliphatic heterocycles. The molecule has 1 N–H and O–H groups in total. The van der Waals surface area contributed by atoms with E-state index in [-0.39, 0.29) is 6.10 Å². The molecule has 0 saturated carbocycles. The maximum atomic E-state index is 5.62. The number of nitrogens with one attached hydrogen (secondary N) is 1. The van der Waals surface area contributed by atoms with E-state index < -0.39 is 0 Å². The van der Waals surface area contributed by atoms with Gasteiger partial charge >= 0.3 is 6.01 Å². The van der Waals surface area contributed by atoms with Gasteiger partial charge in [-0.1, -0.05) is 6.92 Å². The maximum absolute atomic E-state index is 5.62. The van der Waals surface area contributed by atoms with Crippen LogP contribution in [0.3, 0.4) is 0 Å². The van der Waals surface area contributed by atoms with Gasteiger partial charge in [-0.2, -0.15) is 15.0 Å². The minimum absolute atomic E-state index is 0.0402. The summed E-state index contributed by atoms with van der Waals surface area (Å²) in [5.74, 6) is 1.23. The van der Waals surface area contributed by atoms with Crippen LogP contribution >= 0.6 is 0 Å². The lowest BCUT2D eigenvalue weighted by molar-refractivity contribution is 0.222. The minimum Gasteiger partial charge on any atom is -0.461 e. The van der Waals surface area contributed by atoms with Crippen molar-refractivity contribution in [1.82, 2.24) is 15.0 Å². The predicted molar refractivity (Wildman–Crippen MR) is 82.5 cm³/mol. The van der Waals surface area contributed by atoms with Crippen molar-refractivity contribution in [3.63, 3.8) is 0 Å². The summed E-state index contributed by atoms with van der Waals surface area (Å²) in [4.78, 5) is 15.4. The van der Waals surface area contributed by atoms with Crippen LogP contribution in [0.25, 0.3) is 0 Å². The molecule has 0 bridgehead atoms. The lowest BCUT2D eigenvalue weighted by atomic mass is 10.2. The Kier molecular flexibility index (Phi) is 6.48. The zero-order valence-corrected chi connectivity index (χ0v) is 13.5. The van der Waals surface area contributed by atoms with Crippen LogP contribution in [0.1, 0.15) is 48.0 Å². The fraction of sp³-hybridized carbons (Fsp3) is 0.786. The van der Waals surface area contributed by atoms with Gasteiger partial charge in [-0.3, -0.25) is 0 Å². The fourth-order valence-corrected chi connectivity index (χ4v) is 1.85. The molecule has 0 aromatic carbocycles. The lowest BCUT2D eigenvalue weighted by Crippen LogP contribution is -2.34. The molecule has 1 aromatic heterocycles. The molecular weight excluding hydrogens is 254 g/mol. The molecule has 6 heteroatoms. The van der Waals surface area contributed by atoms with Gasteiger partial charge in [-0.15, -0.1) is 0 Å². The summed E-state index contributed by atoms with van der Waals surface area (Å²) in [6, 6.07) is 0.756. The monoisotopic (exact) mass is 281 g/mol. The molecule has 0 aliphatic rings. The van der Waals surface area contributed by atoms with Crippen LogP contribution in [0.2, 0.25) is 0 Å². The van der Waals surface area contributed by atoms with Gasteiger partial charge < -0.3 is 15.0 Å². The van der Waals surface area contributed by atoms with E-state index in [2.05, 4.69) is 45.9 Å². The van der Waals surface area contributed by atoms with Crippen LogP contribution in [0.5, 0.6) is 6.01 Å². The number of aromatic nitrogens is 3. The molecule has 6 nitrogen and oxygen atoms in total. The molecule has 1 aromatic rings. The Bertz CT molecular complexity index is 411. The molecule has 0 saturated heterocycles. The summed E-state index contributed by atoms with van der Waals surface area (Å²) in [5, 5.41) is 3.13. The van der Waals surface area contributed by atoms with Gasteiger partial charge in [-0.05, 0) is 41.0 Å². The van der Waals surface area contributed by atoms with Crippen molar-refractivity contribution in [2.75, 3.05) is 23.3 Å². The molecule has 0 fully saturated rings. The smallest absolute Gasteiger partial charge is 0.323 e. The largest absolute Gasteiger partial charge is 0.461 e. The van der Waals surface area contributed by atoms with Crippen molar-refractivity contribution >= 4 is 11.9 Å². The van der Waals surface area contributed by atoms with Crippen molar-refractivity contribution in [3.8, 4) is 6.01 Å². The number of nitrogens with zero attached hydrogens (tertiary/aromatic N) is 4. The van der Waals surface area contributed by atoms with Gasteiger partial charge in [0.05, 0.1) is 6.10 Å². The van der Waals surface area contributed by atoms with Crippen molar-refractivity contribution < 1.29 is 4.74 Å². The van der Waals surface area contributed by atoms with Crippen molar-refractivity contribution in [2.45, 2.75) is 60.1 Å². The average molecular weight is 281 g/mol. The third kappa shape index (κ3) is 4.51. The molecule has 1 heterocycles. The third-order valence-corrected chi connectivity index (χ3v) is 3.00. The second kappa shape index (κ2) is 7.87. The molecule has 0 spiro atoms. The van der Waals surface area contributed by atoms with E-state index >= 15 is 0 Å². The Labute approximate surface area is 122 Å². The van der Waals surface area contributed by atoms with E-state index in [0.29, 0.717) is 23.9 Å². The number of hydrogen-bond acceptors (Lipinski definition) is 6. The summed E-state index contributed by atoms with van der Waals surface area (Å²) < 4.78 is 5.62. The van der Waals surface area contributed by atoms with E-state index in [0.717, 1.165) is 19.5 Å². The highest BCUT2D eigenvalue weighted by Gasteiger charge is 2.17. The molecule has 0 aliphatic carbocycles. The number of anilines is 2. The summed E-state index contributed by atoms with van der Waals surface area (Å²) in [6.45, 7) is 14.0. The summed E-state index contributed by atoms with van der Waals surface area (Å²) in [5.41, 5.74) is 0. The van der Waals surface area contributed by atoms with Crippen LogP contribution in [0.15, 0.2) is 0 Å². The highest BCUT2D eigenvalue weighted by atomic mass is 16.5. The van der Waals surface area contributed by atoms with Gasteiger partial charge in [0, 0.05) is 19.1 Å². The highest BCUT2D eigenvalue weighted by molar-refractivity contribution is 5.39. The van der Waals surface area contributed by atoms with E-state index in [1.807, 2.05) is 20.8 Å². The first kappa shape index (κ1) is 16.5. The zero-order chi connectivity index (χ0) is 15.1. The Morgan fingerprint density at radius 3 is 2.30 bits per heavy atom. The Balaban J connectivity index is 3.11. The standard InChI is InChI=1S/C14H27N5O/c1-7-11(6)19(9-3)13-16-12(15-8-2)17-14(18-13)20-10(4)5/h10-11H,7-9H2,1-6H3,(H,15,16,17,18). The van der Waals surface area contributed by atoms with Gasteiger partial charge in [0.25, 0.3) is 0 Å². The Morgan fingerprint density at radius 1 is 1.10 bits per heavy atom. The molecule has 1 unspecified atom stereocenters. The molecule has 0 radical (unpaired) electrons. The normalized spacial score (nSPS) is 12.3. The van der Waals surface area contributed by atoms with E-state index in [4.69, 9.17) is 4.74 Å². The summed E-state index contributed by atoms with van der Waals surface area (Å²) >= 11 is 0. The summed E-state index contributed by atoms with van der Waals surface area (Å²) in [6.07, 6.45) is 1.08. The van der Waals surface area contributed by atoms with Crippen LogP contribution in [0, 0.1) is 0 Å². The number of rotatable bonds is 8. The van der Waals surface area contributed by atoms with Crippen LogP contribution in [0.4, 0.5) is 11.9 Å². The minimum atomic E-state index is 0.0402. The van der Waals surface area contributed by atoms with E-state index in [1.165, 1.54) is 0 Å². The average Bonchev–Trinajstić information content (AvgIpc) is 2.38. The van der Waals surface area contributed by atoms with Gasteiger partial charge in [-0.25, -0.2) is 0 Å². The predicted octanol–water partition coefficient (Wildman–Crippen LogP) is 2.72. The topological polar surface area (TPSA) is 63.2 Å². The Hall–Kier alpha value is -1.59. The second-order valence-electron chi connectivity index (χ2n) is 4.98. The zero-order valence-electron chi connectivity index (χ0n) is 13.5. The SMILES string of the molecule is CCNc1nc(OC(C)C)nc(N(CC)C(C)CC)n1. The van der Waals surface area contributed by atoms with Crippen LogP contribution < -0.4 is 15.0 Å². The molecule has 1 rings (SSSR count). The number of ether oxygens (including phenoxy) is 1. The Morgan fingerprint density at radius 2 is 1.80 bits per heavy atom. The molecular formula is C14H27N5O. The van der Waals surface area contributed by atoms with Gasteiger partial charge in [0.1, 0.15) is 0 Å². The van der Waals surface area contributed by atoms with E-state index in [9.17, 15) is 0 Å². The molecule has 20 heavy (non-hydrogen) atoms. The highest BCUT2D eigenvalue weighted by Crippen LogP contribution is 2.18. The van der Waals surface area contributed by atoms with E-state index in [1.54, 1.807) is 0 Å². The van der Waals surface area contributed by atoms with Crippen LogP contribution in [-0.2, 0) is 0 Å². The third-order valence-electron chi connectivity index (χ3n) is 3.00. The van der Waals surface area contributed by atoms with Crippen LogP contribution in [-0.4, -0.2) is 40.2 Å². The van der Waals surface area contributed by atoms with Crippen molar-refractivity contribution in [1.29, 1.82) is 0 Å². The maximum Gasteiger partial charge on any atom is 0.323 e. The first-order valence-corrected chi connectivity index (χ1v) is 7.44. The fourth-order valence-electron chi connectivity index (χ4n) is 1.85. The van der Waals surface area contributed by atoms with Crippen molar-refractivity contribution in [3.05, 3.63) is 0 Å². The lowest BCUT2D eigenvalue weighted by Gasteiger charge is -2.27. The molecule has 114 valence electrons. The molecule has 0 amide bonds. The first-order chi connectivity index (χ1) is 9.51. The van der Waals surface area contributed by atoms with Crippen molar-refractivity contribution in [2.24, 2.45) is 0 Å². The second-order valence-corrected chi connectivity index (χ2v) is 4.98. The number of hydrogen-bond donors (Lipinski definition) is 1. The quantitative estimate of drug-likeness (QED) is 0.790. The first-order valence-electron chi connectivity index (χ1n) is 7.44. The van der Waals surface area contributed by atoms with Gasteiger partial charge in [0.2, 0.25) is 11.9 Å². The van der Waals surface area contributed by atoms with Gasteiger partial charge in [0.15, 0.2) is 0 Å². The summed E-state index contributed by atoms with van der Waals surface area (Å²) in [7, 11) is 0.